The monoisotopic (exact) mass is 465 g/mol. The molecule has 1 aromatic carbocycles. The van der Waals surface area contributed by atoms with Crippen LogP contribution < -0.4 is 15.5 Å². The first-order chi connectivity index (χ1) is 16.4. The second-order valence-electron chi connectivity index (χ2n) is 10.2. The molecule has 34 heavy (non-hydrogen) atoms. The number of aromatic nitrogens is 1. The minimum atomic E-state index is -0.0786. The normalized spacial score (nSPS) is 19.9. The SMILES string of the molecule is CC(=O)Nc1ccc2nc(N3CCC(C(=O)NCCCN4CCC[C@@H](C)C4)CC3)cc(C)c2c1. The molecule has 2 aliphatic rings. The summed E-state index contributed by atoms with van der Waals surface area (Å²) < 4.78 is 0. The highest BCUT2D eigenvalue weighted by Crippen LogP contribution is 2.28. The molecule has 1 aromatic heterocycles. The zero-order valence-corrected chi connectivity index (χ0v) is 20.9. The van der Waals surface area contributed by atoms with Gasteiger partial charge in [-0.2, -0.15) is 0 Å². The zero-order valence-electron chi connectivity index (χ0n) is 20.9. The van der Waals surface area contributed by atoms with Crippen LogP contribution in [-0.4, -0.2) is 61.0 Å². The van der Waals surface area contributed by atoms with Gasteiger partial charge in [-0.3, -0.25) is 9.59 Å². The van der Waals surface area contributed by atoms with Crippen molar-refractivity contribution in [3.63, 3.8) is 0 Å². The van der Waals surface area contributed by atoms with Gasteiger partial charge in [0.05, 0.1) is 5.52 Å². The number of carbonyl (C=O) groups excluding carboxylic acids is 2. The van der Waals surface area contributed by atoms with Crippen molar-refractivity contribution in [1.29, 1.82) is 0 Å². The number of hydrogen-bond donors (Lipinski definition) is 2. The van der Waals surface area contributed by atoms with Crippen LogP contribution in [0, 0.1) is 18.8 Å². The van der Waals surface area contributed by atoms with Crippen molar-refractivity contribution in [2.75, 3.05) is 49.5 Å². The fourth-order valence-corrected chi connectivity index (χ4v) is 5.34. The minimum absolute atomic E-state index is 0.0786. The minimum Gasteiger partial charge on any atom is -0.357 e. The van der Waals surface area contributed by atoms with Gasteiger partial charge in [0.25, 0.3) is 0 Å². The Bertz CT molecular complexity index is 1020. The molecule has 184 valence electrons. The van der Waals surface area contributed by atoms with Crippen LogP contribution in [-0.2, 0) is 9.59 Å². The summed E-state index contributed by atoms with van der Waals surface area (Å²) in [6.45, 7) is 11.9. The van der Waals surface area contributed by atoms with Gasteiger partial charge in [-0.1, -0.05) is 6.92 Å². The number of nitrogens with one attached hydrogen (secondary N) is 2. The molecule has 3 heterocycles. The maximum absolute atomic E-state index is 12.7. The molecule has 7 heteroatoms. The molecule has 2 aliphatic heterocycles. The van der Waals surface area contributed by atoms with E-state index in [9.17, 15) is 9.59 Å². The van der Waals surface area contributed by atoms with Crippen molar-refractivity contribution in [2.45, 2.75) is 52.9 Å². The Hall–Kier alpha value is -2.67. The van der Waals surface area contributed by atoms with Crippen LogP contribution in [0.4, 0.5) is 11.5 Å². The molecule has 0 radical (unpaired) electrons. The fraction of sp³-hybridized carbons (Fsp3) is 0.593. The Kier molecular flexibility index (Phi) is 8.03. The molecule has 0 aliphatic carbocycles. The van der Waals surface area contributed by atoms with Crippen molar-refractivity contribution in [1.82, 2.24) is 15.2 Å². The van der Waals surface area contributed by atoms with Gasteiger partial charge < -0.3 is 20.4 Å². The summed E-state index contributed by atoms with van der Waals surface area (Å²) in [7, 11) is 0. The summed E-state index contributed by atoms with van der Waals surface area (Å²) in [6.07, 6.45) is 5.39. The molecule has 0 spiro atoms. The highest BCUT2D eigenvalue weighted by Gasteiger charge is 2.26. The third kappa shape index (κ3) is 6.26. The molecular formula is C27H39N5O2. The van der Waals surface area contributed by atoms with Gasteiger partial charge in [0.2, 0.25) is 11.8 Å². The maximum atomic E-state index is 12.7. The number of likely N-dealkylation sites (tertiary alicyclic amines) is 1. The molecule has 7 nitrogen and oxygen atoms in total. The quantitative estimate of drug-likeness (QED) is 0.606. The lowest BCUT2D eigenvalue weighted by molar-refractivity contribution is -0.125. The average molecular weight is 466 g/mol. The average Bonchev–Trinajstić information content (AvgIpc) is 2.82. The summed E-state index contributed by atoms with van der Waals surface area (Å²) in [4.78, 5) is 33.7. The number of pyridine rings is 1. The Morgan fingerprint density at radius 1 is 1.12 bits per heavy atom. The van der Waals surface area contributed by atoms with E-state index in [0.717, 1.165) is 79.3 Å². The number of aryl methyl sites for hydroxylation is 1. The summed E-state index contributed by atoms with van der Waals surface area (Å²) in [5.41, 5.74) is 2.84. The number of hydrogen-bond acceptors (Lipinski definition) is 5. The van der Waals surface area contributed by atoms with E-state index < -0.39 is 0 Å². The van der Waals surface area contributed by atoms with Crippen LogP contribution in [0.1, 0.15) is 51.5 Å². The summed E-state index contributed by atoms with van der Waals surface area (Å²) in [5, 5.41) is 7.06. The molecule has 2 aromatic rings. The lowest BCUT2D eigenvalue weighted by atomic mass is 9.95. The van der Waals surface area contributed by atoms with Crippen LogP contribution >= 0.6 is 0 Å². The van der Waals surface area contributed by atoms with Crippen molar-refractivity contribution in [3.05, 3.63) is 29.8 Å². The molecule has 0 unspecified atom stereocenters. The van der Waals surface area contributed by atoms with Gasteiger partial charge >= 0.3 is 0 Å². The van der Waals surface area contributed by atoms with Gasteiger partial charge in [-0.05, 0) is 87.9 Å². The van der Waals surface area contributed by atoms with Crippen molar-refractivity contribution in [3.8, 4) is 0 Å². The number of benzene rings is 1. The van der Waals surface area contributed by atoms with Crippen molar-refractivity contribution < 1.29 is 9.59 Å². The standard InChI is InChI=1S/C27H39N5O2/c1-19-6-4-12-31(18-19)13-5-11-28-27(34)22-9-14-32(15-10-22)26-16-20(2)24-17-23(29-21(3)33)7-8-25(24)30-26/h7-8,16-17,19,22H,4-6,9-15,18H2,1-3H3,(H,28,34)(H,29,33)/t19-/m1/s1. The molecule has 0 saturated carbocycles. The Balaban J connectivity index is 1.25. The van der Waals surface area contributed by atoms with Gasteiger partial charge in [0.15, 0.2) is 0 Å². The van der Waals surface area contributed by atoms with Crippen LogP contribution in [0.25, 0.3) is 10.9 Å². The highest BCUT2D eigenvalue weighted by atomic mass is 16.2. The number of nitrogens with zero attached hydrogens (tertiary/aromatic N) is 3. The zero-order chi connectivity index (χ0) is 24.1. The fourth-order valence-electron chi connectivity index (χ4n) is 5.34. The predicted octanol–water partition coefficient (Wildman–Crippen LogP) is 3.96. The van der Waals surface area contributed by atoms with Crippen LogP contribution in [0.2, 0.25) is 0 Å². The Morgan fingerprint density at radius 2 is 1.91 bits per heavy atom. The van der Waals surface area contributed by atoms with Crippen LogP contribution in [0.5, 0.6) is 0 Å². The van der Waals surface area contributed by atoms with Crippen molar-refractivity contribution >= 4 is 34.2 Å². The smallest absolute Gasteiger partial charge is 0.223 e. The Morgan fingerprint density at radius 3 is 2.65 bits per heavy atom. The molecule has 0 bridgehead atoms. The van der Waals surface area contributed by atoms with E-state index in [4.69, 9.17) is 4.98 Å². The molecule has 4 rings (SSSR count). The molecular weight excluding hydrogens is 426 g/mol. The van der Waals surface area contributed by atoms with E-state index in [1.165, 1.54) is 32.9 Å². The number of carbonyl (C=O) groups is 2. The molecule has 2 N–H and O–H groups in total. The first kappa shape index (κ1) is 24.5. The van der Waals surface area contributed by atoms with E-state index in [1.54, 1.807) is 0 Å². The third-order valence-corrected chi connectivity index (χ3v) is 7.20. The predicted molar refractivity (Wildman–Crippen MR) is 138 cm³/mol. The van der Waals surface area contributed by atoms with Gasteiger partial charge in [-0.25, -0.2) is 4.98 Å². The number of anilines is 2. The second kappa shape index (κ2) is 11.2. The lowest BCUT2D eigenvalue weighted by Crippen LogP contribution is -2.42. The van der Waals surface area contributed by atoms with Gasteiger partial charge in [0.1, 0.15) is 5.82 Å². The highest BCUT2D eigenvalue weighted by molar-refractivity contribution is 5.93. The molecule has 2 fully saturated rings. The van der Waals surface area contributed by atoms with Crippen molar-refractivity contribution in [2.24, 2.45) is 11.8 Å². The first-order valence-corrected chi connectivity index (χ1v) is 12.8. The number of piperidine rings is 2. The topological polar surface area (TPSA) is 77.6 Å². The van der Waals surface area contributed by atoms with Gasteiger partial charge in [-0.15, -0.1) is 0 Å². The van der Waals surface area contributed by atoms with E-state index in [1.807, 2.05) is 18.2 Å². The van der Waals surface area contributed by atoms with E-state index in [0.29, 0.717) is 0 Å². The van der Waals surface area contributed by atoms with Crippen LogP contribution in [0.15, 0.2) is 24.3 Å². The van der Waals surface area contributed by atoms with E-state index in [-0.39, 0.29) is 17.7 Å². The Labute approximate surface area is 203 Å². The van der Waals surface area contributed by atoms with E-state index in [2.05, 4.69) is 40.3 Å². The number of rotatable bonds is 7. The molecule has 1 atom stereocenters. The number of amides is 2. The summed E-state index contributed by atoms with van der Waals surface area (Å²) in [6, 6.07) is 7.94. The second-order valence-corrected chi connectivity index (χ2v) is 10.2. The van der Waals surface area contributed by atoms with E-state index >= 15 is 0 Å². The molecule has 2 amide bonds. The van der Waals surface area contributed by atoms with Crippen LogP contribution in [0.3, 0.4) is 0 Å². The third-order valence-electron chi connectivity index (χ3n) is 7.20. The lowest BCUT2D eigenvalue weighted by Gasteiger charge is -2.33. The maximum Gasteiger partial charge on any atom is 0.223 e. The summed E-state index contributed by atoms with van der Waals surface area (Å²) >= 11 is 0. The summed E-state index contributed by atoms with van der Waals surface area (Å²) in [5.74, 6) is 1.99. The largest absolute Gasteiger partial charge is 0.357 e. The first-order valence-electron chi connectivity index (χ1n) is 12.8. The number of fused-ring (bicyclic) bond motifs is 1. The van der Waals surface area contributed by atoms with Gasteiger partial charge in [0, 0.05) is 50.1 Å². The molecule has 2 saturated heterocycles.